The van der Waals surface area contributed by atoms with Crippen molar-refractivity contribution < 1.29 is 9.59 Å². The maximum Gasteiger partial charge on any atom is 0.274 e. The van der Waals surface area contributed by atoms with Gasteiger partial charge in [-0.15, -0.1) is 23.1 Å². The van der Waals surface area contributed by atoms with Gasteiger partial charge >= 0.3 is 0 Å². The van der Waals surface area contributed by atoms with Crippen molar-refractivity contribution in [3.05, 3.63) is 16.6 Å². The lowest BCUT2D eigenvalue weighted by Crippen LogP contribution is -2.50. The smallest absolute Gasteiger partial charge is 0.274 e. The Kier molecular flexibility index (Phi) is 5.04. The number of hydrogen-bond acceptors (Lipinski definition) is 5. The summed E-state index contributed by atoms with van der Waals surface area (Å²) in [6, 6.07) is -0.292. The van der Waals surface area contributed by atoms with E-state index in [9.17, 15) is 9.59 Å². The molecule has 1 N–H and O–H groups in total. The van der Waals surface area contributed by atoms with Crippen LogP contribution in [0.25, 0.3) is 0 Å². The first-order chi connectivity index (χ1) is 9.50. The zero-order chi connectivity index (χ0) is 14.7. The van der Waals surface area contributed by atoms with Gasteiger partial charge in [-0.05, 0) is 12.8 Å². The lowest BCUT2D eigenvalue weighted by atomic mass is 10.1. The lowest BCUT2D eigenvalue weighted by Gasteiger charge is -2.25. The highest BCUT2D eigenvalue weighted by Crippen LogP contribution is 2.23. The van der Waals surface area contributed by atoms with Gasteiger partial charge in [-0.3, -0.25) is 9.59 Å². The van der Waals surface area contributed by atoms with Crippen LogP contribution in [0.2, 0.25) is 0 Å². The minimum Gasteiger partial charge on any atom is -0.352 e. The van der Waals surface area contributed by atoms with Crippen molar-refractivity contribution in [3.8, 4) is 0 Å². The van der Waals surface area contributed by atoms with Gasteiger partial charge in [0.15, 0.2) is 0 Å². The average molecular weight is 313 g/mol. The zero-order valence-electron chi connectivity index (χ0n) is 11.8. The highest BCUT2D eigenvalue weighted by atomic mass is 32.2. The second kappa shape index (κ2) is 6.58. The molecule has 0 unspecified atom stereocenters. The van der Waals surface area contributed by atoms with Gasteiger partial charge in [0.1, 0.15) is 11.7 Å². The molecule has 7 heteroatoms. The Morgan fingerprint density at radius 3 is 2.80 bits per heavy atom. The van der Waals surface area contributed by atoms with E-state index in [4.69, 9.17) is 0 Å². The van der Waals surface area contributed by atoms with E-state index in [0.717, 1.165) is 0 Å². The Balaban J connectivity index is 2.04. The number of amides is 2. The molecular weight excluding hydrogens is 294 g/mol. The summed E-state index contributed by atoms with van der Waals surface area (Å²) in [6.07, 6.45) is 0. The predicted molar refractivity (Wildman–Crippen MR) is 81.8 cm³/mol. The van der Waals surface area contributed by atoms with Crippen molar-refractivity contribution in [3.63, 3.8) is 0 Å². The van der Waals surface area contributed by atoms with Gasteiger partial charge < -0.3 is 10.2 Å². The van der Waals surface area contributed by atoms with E-state index < -0.39 is 6.04 Å². The van der Waals surface area contributed by atoms with Crippen molar-refractivity contribution in [2.45, 2.75) is 32.9 Å². The van der Waals surface area contributed by atoms with E-state index in [-0.39, 0.29) is 17.9 Å². The van der Waals surface area contributed by atoms with Gasteiger partial charge in [0.25, 0.3) is 5.91 Å². The first-order valence-electron chi connectivity index (χ1n) is 6.58. The fourth-order valence-corrected chi connectivity index (χ4v) is 3.49. The Bertz CT molecular complexity index is 476. The molecule has 2 rings (SSSR count). The van der Waals surface area contributed by atoms with Crippen LogP contribution in [0.4, 0.5) is 0 Å². The van der Waals surface area contributed by atoms with Crippen molar-refractivity contribution in [2.75, 3.05) is 11.6 Å². The fourth-order valence-electron chi connectivity index (χ4n) is 1.81. The van der Waals surface area contributed by atoms with Crippen molar-refractivity contribution in [1.29, 1.82) is 0 Å². The molecule has 0 saturated carbocycles. The van der Waals surface area contributed by atoms with Crippen LogP contribution >= 0.6 is 23.1 Å². The van der Waals surface area contributed by atoms with Crippen molar-refractivity contribution >= 4 is 34.9 Å². The van der Waals surface area contributed by atoms with Gasteiger partial charge in [-0.25, -0.2) is 4.98 Å². The maximum absolute atomic E-state index is 12.3. The molecule has 2 amide bonds. The largest absolute Gasteiger partial charge is 0.352 e. The van der Waals surface area contributed by atoms with Crippen molar-refractivity contribution in [1.82, 2.24) is 15.2 Å². The summed E-state index contributed by atoms with van der Waals surface area (Å²) in [4.78, 5) is 30.3. The standard InChI is InChI=1S/C13H19N3O2S2/c1-8(2)9(3)15-12(17)11-5-20-7-16(11)13(18)10-4-19-6-14-10/h4,6,8-9,11H,5,7H2,1-3H3,(H,15,17)/t9-,11-/m1/s1. The van der Waals surface area contributed by atoms with E-state index in [2.05, 4.69) is 24.1 Å². The monoisotopic (exact) mass is 313 g/mol. The third kappa shape index (κ3) is 3.32. The molecule has 0 aliphatic carbocycles. The van der Waals surface area contributed by atoms with Crippen molar-refractivity contribution in [2.24, 2.45) is 5.92 Å². The van der Waals surface area contributed by atoms with Crippen LogP contribution in [0.3, 0.4) is 0 Å². The molecule has 1 saturated heterocycles. The van der Waals surface area contributed by atoms with E-state index in [0.29, 0.717) is 23.2 Å². The molecule has 0 aromatic carbocycles. The quantitative estimate of drug-likeness (QED) is 0.921. The molecule has 2 heterocycles. The molecule has 1 aliphatic rings. The number of thiazole rings is 1. The number of carbonyl (C=O) groups is 2. The normalized spacial score (nSPS) is 20.2. The van der Waals surface area contributed by atoms with Crippen LogP contribution in [0.1, 0.15) is 31.3 Å². The van der Waals surface area contributed by atoms with Crippen LogP contribution in [0, 0.1) is 5.92 Å². The third-order valence-corrected chi connectivity index (χ3v) is 5.07. The molecule has 1 fully saturated rings. The summed E-state index contributed by atoms with van der Waals surface area (Å²) in [5.41, 5.74) is 2.05. The fraction of sp³-hybridized carbons (Fsp3) is 0.615. The average Bonchev–Trinajstić information content (AvgIpc) is 3.08. The summed E-state index contributed by atoms with van der Waals surface area (Å²) < 4.78 is 0. The van der Waals surface area contributed by atoms with Crippen LogP contribution < -0.4 is 5.32 Å². The number of carbonyl (C=O) groups excluding carboxylic acids is 2. The molecule has 1 aromatic rings. The van der Waals surface area contributed by atoms with Crippen LogP contribution in [-0.4, -0.2) is 45.4 Å². The molecule has 0 radical (unpaired) electrons. The Morgan fingerprint density at radius 2 is 2.20 bits per heavy atom. The maximum atomic E-state index is 12.3. The molecule has 1 aromatic heterocycles. The Labute approximate surface area is 127 Å². The molecule has 0 spiro atoms. The summed E-state index contributed by atoms with van der Waals surface area (Å²) in [7, 11) is 0. The first kappa shape index (κ1) is 15.3. The number of aromatic nitrogens is 1. The number of nitrogens with zero attached hydrogens (tertiary/aromatic N) is 2. The van der Waals surface area contributed by atoms with Gasteiger partial charge in [-0.2, -0.15) is 0 Å². The summed E-state index contributed by atoms with van der Waals surface area (Å²) in [6.45, 7) is 6.11. The molecule has 5 nitrogen and oxygen atoms in total. The minimum atomic E-state index is -0.393. The third-order valence-electron chi connectivity index (χ3n) is 3.47. The lowest BCUT2D eigenvalue weighted by molar-refractivity contribution is -0.125. The van der Waals surface area contributed by atoms with E-state index >= 15 is 0 Å². The predicted octanol–water partition coefficient (Wildman–Crippen LogP) is 1.82. The molecule has 2 atom stereocenters. The summed E-state index contributed by atoms with van der Waals surface area (Å²) in [5, 5.41) is 4.71. The molecule has 110 valence electrons. The van der Waals surface area contributed by atoms with Crippen LogP contribution in [0.15, 0.2) is 10.9 Å². The summed E-state index contributed by atoms with van der Waals surface area (Å²) >= 11 is 2.98. The first-order valence-corrected chi connectivity index (χ1v) is 8.67. The highest BCUT2D eigenvalue weighted by molar-refractivity contribution is 7.99. The van der Waals surface area contributed by atoms with Crippen LogP contribution in [-0.2, 0) is 4.79 Å². The van der Waals surface area contributed by atoms with E-state index in [1.54, 1.807) is 27.6 Å². The zero-order valence-corrected chi connectivity index (χ0v) is 13.5. The molecular formula is C13H19N3O2S2. The summed E-state index contributed by atoms with van der Waals surface area (Å²) in [5.74, 6) is 1.33. The number of rotatable bonds is 4. The molecule has 20 heavy (non-hydrogen) atoms. The molecule has 1 aliphatic heterocycles. The molecule has 0 bridgehead atoms. The number of hydrogen-bond donors (Lipinski definition) is 1. The van der Waals surface area contributed by atoms with Gasteiger partial charge in [0.05, 0.1) is 11.4 Å². The number of thioether (sulfide) groups is 1. The Morgan fingerprint density at radius 1 is 1.45 bits per heavy atom. The second-order valence-electron chi connectivity index (χ2n) is 5.21. The second-order valence-corrected chi connectivity index (χ2v) is 6.92. The van der Waals surface area contributed by atoms with Gasteiger partial charge in [0.2, 0.25) is 5.91 Å². The van der Waals surface area contributed by atoms with Crippen LogP contribution in [0.5, 0.6) is 0 Å². The highest BCUT2D eigenvalue weighted by Gasteiger charge is 2.36. The Hall–Kier alpha value is -1.08. The van der Waals surface area contributed by atoms with Gasteiger partial charge in [0, 0.05) is 17.2 Å². The number of nitrogens with one attached hydrogen (secondary N) is 1. The minimum absolute atomic E-state index is 0.0696. The SMILES string of the molecule is CC(C)[C@@H](C)NC(=O)[C@H]1CSCN1C(=O)c1cscn1. The van der Waals surface area contributed by atoms with E-state index in [1.807, 2.05) is 6.92 Å². The topological polar surface area (TPSA) is 62.3 Å². The van der Waals surface area contributed by atoms with E-state index in [1.165, 1.54) is 11.3 Å². The van der Waals surface area contributed by atoms with Gasteiger partial charge in [-0.1, -0.05) is 13.8 Å².